The number of hydrogen-bond acceptors (Lipinski definition) is 3. The zero-order chi connectivity index (χ0) is 14.7. The van der Waals surface area contributed by atoms with Crippen molar-refractivity contribution < 1.29 is 9.53 Å². The number of aryl methyl sites for hydroxylation is 1. The van der Waals surface area contributed by atoms with Gasteiger partial charge in [0.25, 0.3) is 0 Å². The number of nitrogens with zero attached hydrogens (tertiary/aromatic N) is 2. The van der Waals surface area contributed by atoms with E-state index in [9.17, 15) is 4.79 Å². The summed E-state index contributed by atoms with van der Waals surface area (Å²) in [6, 6.07) is 5.10. The van der Waals surface area contributed by atoms with Crippen molar-refractivity contribution in [1.29, 1.82) is 0 Å². The number of carbonyl (C=O) groups excluding carboxylic acids is 1. The monoisotopic (exact) mass is 356 g/mol. The number of benzene rings is 1. The topological polar surface area (TPSA) is 44.1 Å². The van der Waals surface area contributed by atoms with Crippen LogP contribution < -0.4 is 4.74 Å². The Morgan fingerprint density at radius 2 is 2.20 bits per heavy atom. The maximum atomic E-state index is 12.7. The van der Waals surface area contributed by atoms with Crippen LogP contribution >= 0.6 is 27.5 Å². The Morgan fingerprint density at radius 3 is 2.80 bits per heavy atom. The highest BCUT2D eigenvalue weighted by Gasteiger charge is 2.21. The first kappa shape index (κ1) is 15.1. The van der Waals surface area contributed by atoms with Crippen LogP contribution in [0.4, 0.5) is 0 Å². The van der Waals surface area contributed by atoms with E-state index in [1.54, 1.807) is 29.1 Å². The van der Waals surface area contributed by atoms with Crippen LogP contribution in [0.2, 0.25) is 5.02 Å². The molecular formula is C14H14BrClN2O2. The minimum absolute atomic E-state index is 0.156. The number of methoxy groups -OCH3 is 1. The largest absolute Gasteiger partial charge is 0.493 e. The zero-order valence-electron chi connectivity index (χ0n) is 11.2. The van der Waals surface area contributed by atoms with Gasteiger partial charge >= 0.3 is 0 Å². The van der Waals surface area contributed by atoms with Crippen LogP contribution in [0.15, 0.2) is 28.9 Å². The van der Waals surface area contributed by atoms with Crippen molar-refractivity contribution in [2.24, 2.45) is 0 Å². The van der Waals surface area contributed by atoms with Crippen LogP contribution in [-0.2, 0) is 6.54 Å². The number of ketones is 1. The molecule has 1 aromatic carbocycles. The molecule has 0 amide bonds. The number of carbonyl (C=O) groups is 1. The summed E-state index contributed by atoms with van der Waals surface area (Å²) in [5, 5.41) is 4.70. The number of hydrogen-bond donors (Lipinski definition) is 0. The fourth-order valence-electron chi connectivity index (χ4n) is 1.95. The third-order valence-electron chi connectivity index (χ3n) is 2.80. The third-order valence-corrected chi connectivity index (χ3v) is 3.48. The molecule has 0 aliphatic carbocycles. The fourth-order valence-corrected chi connectivity index (χ4v) is 2.81. The molecular weight excluding hydrogens is 344 g/mol. The van der Waals surface area contributed by atoms with E-state index < -0.39 is 0 Å². The van der Waals surface area contributed by atoms with Crippen molar-refractivity contribution in [2.45, 2.75) is 19.9 Å². The van der Waals surface area contributed by atoms with Gasteiger partial charge in [-0.25, -0.2) is 0 Å². The Balaban J connectivity index is 2.49. The van der Waals surface area contributed by atoms with Crippen molar-refractivity contribution in [3.8, 4) is 5.75 Å². The van der Waals surface area contributed by atoms with E-state index in [2.05, 4.69) is 21.0 Å². The normalized spacial score (nSPS) is 10.6. The Morgan fingerprint density at radius 1 is 1.45 bits per heavy atom. The maximum Gasteiger partial charge on any atom is 0.214 e. The first-order valence-corrected chi connectivity index (χ1v) is 7.34. The zero-order valence-corrected chi connectivity index (χ0v) is 13.5. The molecule has 0 unspecified atom stereocenters. The van der Waals surface area contributed by atoms with Gasteiger partial charge in [-0.15, -0.1) is 0 Å². The fraction of sp³-hybridized carbons (Fsp3) is 0.286. The Bertz CT molecular complexity index is 620. The summed E-state index contributed by atoms with van der Waals surface area (Å²) >= 11 is 9.33. The van der Waals surface area contributed by atoms with Crippen molar-refractivity contribution in [1.82, 2.24) is 9.78 Å². The van der Waals surface area contributed by atoms with Crippen LogP contribution in [0.25, 0.3) is 0 Å². The van der Waals surface area contributed by atoms with Crippen molar-refractivity contribution in [3.63, 3.8) is 0 Å². The lowest BCUT2D eigenvalue weighted by atomic mass is 10.1. The molecule has 106 valence electrons. The molecule has 4 nitrogen and oxygen atoms in total. The van der Waals surface area contributed by atoms with Crippen molar-refractivity contribution in [2.75, 3.05) is 7.11 Å². The summed E-state index contributed by atoms with van der Waals surface area (Å²) < 4.78 is 7.65. The molecule has 0 aliphatic rings. The molecule has 1 aromatic heterocycles. The van der Waals surface area contributed by atoms with Gasteiger partial charge in [0.2, 0.25) is 5.78 Å². The number of rotatable bonds is 5. The van der Waals surface area contributed by atoms with E-state index in [1.165, 1.54) is 7.11 Å². The van der Waals surface area contributed by atoms with Gasteiger partial charge in [0, 0.05) is 21.6 Å². The lowest BCUT2D eigenvalue weighted by Crippen LogP contribution is -2.12. The summed E-state index contributed by atoms with van der Waals surface area (Å²) in [5.74, 6) is 0.315. The average molecular weight is 358 g/mol. The average Bonchev–Trinajstić information content (AvgIpc) is 2.80. The molecule has 0 saturated carbocycles. The molecule has 2 rings (SSSR count). The van der Waals surface area contributed by atoms with E-state index in [0.717, 1.165) is 10.9 Å². The Kier molecular flexibility index (Phi) is 4.83. The third kappa shape index (κ3) is 3.04. The predicted molar refractivity (Wildman–Crippen MR) is 81.7 cm³/mol. The first-order valence-electron chi connectivity index (χ1n) is 6.17. The SMILES string of the molecule is CCCn1ncc(OC)c1C(=O)c1cc(Cl)cc(Br)c1. The second-order valence-corrected chi connectivity index (χ2v) is 5.62. The van der Waals surface area contributed by atoms with Gasteiger partial charge < -0.3 is 4.74 Å². The van der Waals surface area contributed by atoms with Crippen LogP contribution in [-0.4, -0.2) is 22.7 Å². The van der Waals surface area contributed by atoms with E-state index in [4.69, 9.17) is 16.3 Å². The second-order valence-electron chi connectivity index (χ2n) is 4.27. The molecule has 0 atom stereocenters. The van der Waals surface area contributed by atoms with Crippen molar-refractivity contribution in [3.05, 3.63) is 45.1 Å². The molecule has 0 fully saturated rings. The lowest BCUT2D eigenvalue weighted by molar-refractivity contribution is 0.102. The minimum Gasteiger partial charge on any atom is -0.493 e. The summed E-state index contributed by atoms with van der Waals surface area (Å²) in [4.78, 5) is 12.7. The molecule has 20 heavy (non-hydrogen) atoms. The maximum absolute atomic E-state index is 12.7. The molecule has 0 spiro atoms. The van der Waals surface area contributed by atoms with Gasteiger partial charge in [-0.2, -0.15) is 5.10 Å². The molecule has 1 heterocycles. The minimum atomic E-state index is -0.156. The molecule has 0 radical (unpaired) electrons. The quantitative estimate of drug-likeness (QED) is 0.761. The summed E-state index contributed by atoms with van der Waals surface area (Å²) in [6.45, 7) is 2.69. The van der Waals surface area contributed by atoms with Gasteiger partial charge in [-0.3, -0.25) is 9.48 Å². The molecule has 6 heteroatoms. The van der Waals surface area contributed by atoms with Crippen LogP contribution in [0, 0.1) is 0 Å². The van der Waals surface area contributed by atoms with E-state index in [1.807, 2.05) is 6.92 Å². The summed E-state index contributed by atoms with van der Waals surface area (Å²) in [5.41, 5.74) is 0.948. The van der Waals surface area contributed by atoms with Crippen LogP contribution in [0.3, 0.4) is 0 Å². The van der Waals surface area contributed by atoms with Gasteiger partial charge in [0.1, 0.15) is 0 Å². The summed E-state index contributed by atoms with van der Waals surface area (Å²) in [7, 11) is 1.53. The highest BCUT2D eigenvalue weighted by atomic mass is 79.9. The number of halogens is 2. The highest BCUT2D eigenvalue weighted by molar-refractivity contribution is 9.10. The summed E-state index contributed by atoms with van der Waals surface area (Å²) in [6.07, 6.45) is 2.44. The van der Waals surface area contributed by atoms with Gasteiger partial charge in [-0.1, -0.05) is 34.5 Å². The molecule has 0 aliphatic heterocycles. The van der Waals surface area contributed by atoms with E-state index in [-0.39, 0.29) is 5.78 Å². The first-order chi connectivity index (χ1) is 9.56. The number of aromatic nitrogens is 2. The molecule has 2 aromatic rings. The van der Waals surface area contributed by atoms with Gasteiger partial charge in [0.05, 0.1) is 13.3 Å². The standard InChI is InChI=1S/C14H14BrClN2O2/c1-3-4-18-13(12(20-2)8-17-18)14(19)9-5-10(15)7-11(16)6-9/h5-8H,3-4H2,1-2H3. The highest BCUT2D eigenvalue weighted by Crippen LogP contribution is 2.25. The van der Waals surface area contributed by atoms with E-state index >= 15 is 0 Å². The van der Waals surface area contributed by atoms with Gasteiger partial charge in [0.15, 0.2) is 11.4 Å². The number of ether oxygens (including phenoxy) is 1. The van der Waals surface area contributed by atoms with Crippen molar-refractivity contribution >= 4 is 33.3 Å². The molecule has 0 N–H and O–H groups in total. The van der Waals surface area contributed by atoms with Crippen LogP contribution in [0.1, 0.15) is 29.4 Å². The van der Waals surface area contributed by atoms with Gasteiger partial charge in [-0.05, 0) is 24.6 Å². The second kappa shape index (κ2) is 6.41. The predicted octanol–water partition coefficient (Wildman–Crippen LogP) is 3.95. The Hall–Kier alpha value is -1.33. The molecule has 0 bridgehead atoms. The molecule has 0 saturated heterocycles. The lowest BCUT2D eigenvalue weighted by Gasteiger charge is -2.08. The van der Waals surface area contributed by atoms with Crippen LogP contribution in [0.5, 0.6) is 5.75 Å². The smallest absolute Gasteiger partial charge is 0.214 e. The Labute approximate surface area is 130 Å². The van der Waals surface area contributed by atoms with E-state index in [0.29, 0.717) is 28.6 Å².